The van der Waals surface area contributed by atoms with Crippen molar-refractivity contribution >= 4 is 44.8 Å². The normalized spacial score (nSPS) is 15.8. The monoisotopic (exact) mass is 383 g/mol. The van der Waals surface area contributed by atoms with E-state index in [9.17, 15) is 0 Å². The summed E-state index contributed by atoms with van der Waals surface area (Å²) in [4.78, 5) is 0. The van der Waals surface area contributed by atoms with Gasteiger partial charge in [-0.25, -0.2) is 0 Å². The van der Waals surface area contributed by atoms with Crippen molar-refractivity contribution in [2.75, 3.05) is 5.32 Å². The summed E-state index contributed by atoms with van der Waals surface area (Å²) >= 11 is 16.1. The topological polar surface area (TPSA) is 12.0 Å². The van der Waals surface area contributed by atoms with Gasteiger partial charge >= 0.3 is 0 Å². The largest absolute Gasteiger partial charge is 0.376 e. The molecule has 0 heterocycles. The van der Waals surface area contributed by atoms with Gasteiger partial charge in [0.15, 0.2) is 0 Å². The van der Waals surface area contributed by atoms with E-state index in [1.807, 2.05) is 12.1 Å². The molecule has 0 radical (unpaired) electrons. The Hall–Kier alpha value is -0.700. The third-order valence-electron chi connectivity index (χ3n) is 3.84. The number of anilines is 1. The second kappa shape index (κ2) is 6.20. The van der Waals surface area contributed by atoms with Gasteiger partial charge in [0.05, 0.1) is 21.8 Å². The van der Waals surface area contributed by atoms with Crippen LogP contribution < -0.4 is 5.32 Å². The van der Waals surface area contributed by atoms with E-state index in [4.69, 9.17) is 23.2 Å². The standard InChI is InChI=1S/C17H16BrCl2N/c1-10-2-4-11(5-3-10)16(12-6-7-12)21-17-14(19)8-13(18)9-15(17)20/h2-5,8-9,12,16,21H,6-7H2,1H3. The highest BCUT2D eigenvalue weighted by molar-refractivity contribution is 9.10. The predicted molar refractivity (Wildman–Crippen MR) is 94.4 cm³/mol. The van der Waals surface area contributed by atoms with E-state index in [1.165, 1.54) is 24.0 Å². The second-order valence-electron chi connectivity index (χ2n) is 5.61. The molecule has 1 fully saturated rings. The molecule has 0 saturated heterocycles. The molecule has 1 aliphatic carbocycles. The zero-order valence-corrected chi connectivity index (χ0v) is 14.8. The van der Waals surface area contributed by atoms with Crippen LogP contribution in [0.25, 0.3) is 0 Å². The lowest BCUT2D eigenvalue weighted by atomic mass is 10.0. The minimum atomic E-state index is 0.266. The number of halogens is 3. The van der Waals surface area contributed by atoms with Crippen LogP contribution in [0, 0.1) is 12.8 Å². The molecule has 2 aromatic rings. The molecule has 1 nitrogen and oxygen atoms in total. The Morgan fingerprint density at radius 2 is 1.67 bits per heavy atom. The molecule has 4 heteroatoms. The Balaban J connectivity index is 1.91. The lowest BCUT2D eigenvalue weighted by Crippen LogP contribution is -2.13. The van der Waals surface area contributed by atoms with Crippen molar-refractivity contribution in [3.63, 3.8) is 0 Å². The molecule has 0 aliphatic heterocycles. The quantitative estimate of drug-likeness (QED) is 0.623. The minimum absolute atomic E-state index is 0.266. The molecule has 21 heavy (non-hydrogen) atoms. The third-order valence-corrected chi connectivity index (χ3v) is 4.89. The van der Waals surface area contributed by atoms with Crippen LogP contribution in [-0.4, -0.2) is 0 Å². The molecule has 2 aromatic carbocycles. The van der Waals surface area contributed by atoms with Crippen molar-refractivity contribution in [3.8, 4) is 0 Å². The van der Waals surface area contributed by atoms with Crippen LogP contribution in [0.5, 0.6) is 0 Å². The van der Waals surface area contributed by atoms with Crippen molar-refractivity contribution in [2.45, 2.75) is 25.8 Å². The molecule has 0 spiro atoms. The highest BCUT2D eigenvalue weighted by Crippen LogP contribution is 2.45. The maximum absolute atomic E-state index is 6.34. The Labute approximate surface area is 143 Å². The lowest BCUT2D eigenvalue weighted by Gasteiger charge is -2.22. The molecule has 1 unspecified atom stereocenters. The summed E-state index contributed by atoms with van der Waals surface area (Å²) in [5, 5.41) is 4.85. The number of hydrogen-bond donors (Lipinski definition) is 1. The SMILES string of the molecule is Cc1ccc(C(Nc2c(Cl)cc(Br)cc2Cl)C2CC2)cc1. The summed E-state index contributed by atoms with van der Waals surface area (Å²) in [6, 6.07) is 12.7. The smallest absolute Gasteiger partial charge is 0.0724 e. The van der Waals surface area contributed by atoms with E-state index < -0.39 is 0 Å². The Morgan fingerprint density at radius 1 is 1.10 bits per heavy atom. The van der Waals surface area contributed by atoms with Crippen LogP contribution in [0.4, 0.5) is 5.69 Å². The summed E-state index contributed by atoms with van der Waals surface area (Å²) in [6.45, 7) is 2.10. The van der Waals surface area contributed by atoms with E-state index in [-0.39, 0.29) is 6.04 Å². The molecule has 110 valence electrons. The first-order valence-corrected chi connectivity index (χ1v) is 8.57. The second-order valence-corrected chi connectivity index (χ2v) is 7.34. The first-order chi connectivity index (χ1) is 10.0. The van der Waals surface area contributed by atoms with Crippen LogP contribution in [0.2, 0.25) is 10.0 Å². The van der Waals surface area contributed by atoms with Crippen LogP contribution in [0.1, 0.15) is 30.0 Å². The van der Waals surface area contributed by atoms with Crippen molar-refractivity contribution in [1.29, 1.82) is 0 Å². The fraction of sp³-hybridized carbons (Fsp3) is 0.294. The van der Waals surface area contributed by atoms with Gasteiger partial charge in [0.1, 0.15) is 0 Å². The van der Waals surface area contributed by atoms with E-state index in [0.717, 1.165) is 10.2 Å². The maximum Gasteiger partial charge on any atom is 0.0724 e. The van der Waals surface area contributed by atoms with E-state index >= 15 is 0 Å². The summed E-state index contributed by atoms with van der Waals surface area (Å²) < 4.78 is 0.890. The van der Waals surface area contributed by atoms with Gasteiger partial charge in [-0.2, -0.15) is 0 Å². The van der Waals surface area contributed by atoms with Crippen molar-refractivity contribution in [2.24, 2.45) is 5.92 Å². The highest BCUT2D eigenvalue weighted by atomic mass is 79.9. The molecule has 1 aliphatic rings. The van der Waals surface area contributed by atoms with Gasteiger partial charge in [-0.15, -0.1) is 0 Å². The summed E-state index contributed by atoms with van der Waals surface area (Å²) in [5.41, 5.74) is 3.38. The predicted octanol–water partition coefficient (Wildman–Crippen LogP) is 6.63. The molecule has 1 N–H and O–H groups in total. The lowest BCUT2D eigenvalue weighted by molar-refractivity contribution is 0.679. The summed E-state index contributed by atoms with van der Waals surface area (Å²) in [7, 11) is 0. The van der Waals surface area contributed by atoms with Gasteiger partial charge in [-0.3, -0.25) is 0 Å². The van der Waals surface area contributed by atoms with Gasteiger partial charge in [0.2, 0.25) is 0 Å². The number of benzene rings is 2. The number of aryl methyl sites for hydroxylation is 1. The number of nitrogens with one attached hydrogen (secondary N) is 1. The Kier molecular flexibility index (Phi) is 4.49. The molecule has 0 bridgehead atoms. The van der Waals surface area contributed by atoms with Crippen molar-refractivity contribution in [3.05, 3.63) is 62.0 Å². The van der Waals surface area contributed by atoms with Crippen LogP contribution in [0.3, 0.4) is 0 Å². The molecule has 0 amide bonds. The van der Waals surface area contributed by atoms with Gasteiger partial charge in [-0.05, 0) is 43.4 Å². The zero-order valence-electron chi connectivity index (χ0n) is 11.7. The van der Waals surface area contributed by atoms with Crippen molar-refractivity contribution in [1.82, 2.24) is 0 Å². The van der Waals surface area contributed by atoms with E-state index in [1.54, 1.807) is 0 Å². The molecular weight excluding hydrogens is 369 g/mol. The van der Waals surface area contributed by atoms with Gasteiger partial charge in [0.25, 0.3) is 0 Å². The average molecular weight is 385 g/mol. The number of rotatable bonds is 4. The first kappa shape index (κ1) is 15.2. The van der Waals surface area contributed by atoms with Gasteiger partial charge < -0.3 is 5.32 Å². The van der Waals surface area contributed by atoms with Crippen molar-refractivity contribution < 1.29 is 0 Å². The van der Waals surface area contributed by atoms with E-state index in [0.29, 0.717) is 16.0 Å². The number of hydrogen-bond acceptors (Lipinski definition) is 1. The fourth-order valence-electron chi connectivity index (χ4n) is 2.51. The summed E-state index contributed by atoms with van der Waals surface area (Å²) in [5.74, 6) is 0.656. The summed E-state index contributed by atoms with van der Waals surface area (Å²) in [6.07, 6.45) is 2.49. The van der Waals surface area contributed by atoms with Crippen LogP contribution >= 0.6 is 39.1 Å². The minimum Gasteiger partial charge on any atom is -0.376 e. The maximum atomic E-state index is 6.34. The molecule has 1 atom stereocenters. The van der Waals surface area contributed by atoms with Gasteiger partial charge in [0, 0.05) is 4.47 Å². The van der Waals surface area contributed by atoms with E-state index in [2.05, 4.69) is 52.4 Å². The van der Waals surface area contributed by atoms with Crippen LogP contribution in [0.15, 0.2) is 40.9 Å². The molecule has 0 aromatic heterocycles. The first-order valence-electron chi connectivity index (χ1n) is 7.02. The highest BCUT2D eigenvalue weighted by Gasteiger charge is 2.33. The third kappa shape index (κ3) is 3.56. The fourth-order valence-corrected chi connectivity index (χ4v) is 3.83. The Bertz CT molecular complexity index is 627. The molecule has 1 saturated carbocycles. The van der Waals surface area contributed by atoms with Crippen LogP contribution in [-0.2, 0) is 0 Å². The average Bonchev–Trinajstić information content (AvgIpc) is 3.24. The Morgan fingerprint density at radius 3 is 2.19 bits per heavy atom. The zero-order chi connectivity index (χ0) is 15.0. The molecular formula is C17H16BrCl2N. The molecule has 3 rings (SSSR count). The van der Waals surface area contributed by atoms with Gasteiger partial charge in [-0.1, -0.05) is 69.0 Å².